The van der Waals surface area contributed by atoms with Crippen molar-refractivity contribution >= 4 is 5.78 Å². The summed E-state index contributed by atoms with van der Waals surface area (Å²) in [4.78, 5) is 11.6. The summed E-state index contributed by atoms with van der Waals surface area (Å²) in [7, 11) is 0. The van der Waals surface area contributed by atoms with E-state index in [9.17, 15) is 9.18 Å². The molecule has 1 fully saturated rings. The third-order valence-corrected chi connectivity index (χ3v) is 3.03. The Labute approximate surface area is 89.3 Å². The molecule has 1 aromatic rings. The molecule has 1 saturated carbocycles. The summed E-state index contributed by atoms with van der Waals surface area (Å²) < 4.78 is 12.8. The molecule has 0 aliphatic heterocycles. The van der Waals surface area contributed by atoms with E-state index in [4.69, 9.17) is 0 Å². The average molecular weight is 206 g/mol. The minimum Gasteiger partial charge on any atom is -0.299 e. The molecule has 0 heterocycles. The van der Waals surface area contributed by atoms with E-state index < -0.39 is 0 Å². The van der Waals surface area contributed by atoms with Crippen molar-refractivity contribution in [3.05, 3.63) is 35.6 Å². The first-order valence-corrected chi connectivity index (χ1v) is 5.50. The monoisotopic (exact) mass is 206 g/mol. The Morgan fingerprint density at radius 3 is 2.80 bits per heavy atom. The van der Waals surface area contributed by atoms with Crippen LogP contribution in [0.25, 0.3) is 0 Å². The summed E-state index contributed by atoms with van der Waals surface area (Å²) in [5.74, 6) is 0.584. The van der Waals surface area contributed by atoms with Crippen molar-refractivity contribution in [3.63, 3.8) is 0 Å². The zero-order valence-electron chi connectivity index (χ0n) is 8.71. The van der Waals surface area contributed by atoms with Gasteiger partial charge in [0.1, 0.15) is 11.6 Å². The lowest BCUT2D eigenvalue weighted by molar-refractivity contribution is -0.119. The number of carbonyl (C=O) groups excluding carboxylic acids is 1. The Balaban J connectivity index is 1.87. The van der Waals surface area contributed by atoms with Crippen LogP contribution in [0.15, 0.2) is 24.3 Å². The summed E-state index contributed by atoms with van der Waals surface area (Å²) in [5, 5.41) is 0. The lowest BCUT2D eigenvalue weighted by atomic mass is 9.81. The Hall–Kier alpha value is -1.18. The molecule has 0 amide bonds. The maximum Gasteiger partial charge on any atom is 0.137 e. The van der Waals surface area contributed by atoms with Crippen molar-refractivity contribution in [1.29, 1.82) is 0 Å². The van der Waals surface area contributed by atoms with Gasteiger partial charge >= 0.3 is 0 Å². The highest BCUT2D eigenvalue weighted by Crippen LogP contribution is 2.29. The van der Waals surface area contributed by atoms with Gasteiger partial charge in [0.2, 0.25) is 0 Å². The summed E-state index contributed by atoms with van der Waals surface area (Å²) >= 11 is 0. The molecule has 0 saturated heterocycles. The van der Waals surface area contributed by atoms with Crippen molar-refractivity contribution in [2.45, 2.75) is 32.1 Å². The SMILES string of the molecule is O=C(Cc1cccc(F)c1)CC1CCC1. The molecular formula is C13H15FO. The van der Waals surface area contributed by atoms with Crippen LogP contribution in [0.2, 0.25) is 0 Å². The largest absolute Gasteiger partial charge is 0.299 e. The second kappa shape index (κ2) is 4.56. The van der Waals surface area contributed by atoms with Crippen LogP contribution in [0.3, 0.4) is 0 Å². The molecule has 0 radical (unpaired) electrons. The maximum absolute atomic E-state index is 12.8. The third kappa shape index (κ3) is 2.88. The molecule has 15 heavy (non-hydrogen) atoms. The number of halogens is 1. The van der Waals surface area contributed by atoms with Crippen LogP contribution in [0.5, 0.6) is 0 Å². The van der Waals surface area contributed by atoms with Crippen molar-refractivity contribution in [2.24, 2.45) is 5.92 Å². The van der Waals surface area contributed by atoms with Gasteiger partial charge in [-0.1, -0.05) is 31.4 Å². The molecule has 1 aliphatic carbocycles. The maximum atomic E-state index is 12.8. The first-order chi connectivity index (χ1) is 7.24. The van der Waals surface area contributed by atoms with Gasteiger partial charge in [0.15, 0.2) is 0 Å². The predicted octanol–water partition coefficient (Wildman–Crippen LogP) is 3.13. The number of carbonyl (C=O) groups is 1. The van der Waals surface area contributed by atoms with E-state index in [1.807, 2.05) is 6.07 Å². The summed E-state index contributed by atoms with van der Waals surface area (Å²) in [5.41, 5.74) is 0.791. The van der Waals surface area contributed by atoms with Gasteiger partial charge in [0.05, 0.1) is 0 Å². The number of Topliss-reactive ketones (excluding diaryl/α,β-unsaturated/α-hetero) is 1. The fourth-order valence-corrected chi connectivity index (χ4v) is 1.97. The van der Waals surface area contributed by atoms with Crippen LogP contribution < -0.4 is 0 Å². The lowest BCUT2D eigenvalue weighted by Gasteiger charge is -2.24. The highest BCUT2D eigenvalue weighted by molar-refractivity contribution is 5.81. The van der Waals surface area contributed by atoms with Crippen LogP contribution in [0, 0.1) is 11.7 Å². The molecular weight excluding hydrogens is 191 g/mol. The Morgan fingerprint density at radius 1 is 1.40 bits per heavy atom. The first-order valence-electron chi connectivity index (χ1n) is 5.50. The van der Waals surface area contributed by atoms with Gasteiger partial charge in [-0.15, -0.1) is 0 Å². The molecule has 0 atom stereocenters. The van der Waals surface area contributed by atoms with Gasteiger partial charge in [-0.25, -0.2) is 4.39 Å². The summed E-state index contributed by atoms with van der Waals surface area (Å²) in [6.07, 6.45) is 4.70. The van der Waals surface area contributed by atoms with Crippen molar-refractivity contribution < 1.29 is 9.18 Å². The quantitative estimate of drug-likeness (QED) is 0.739. The fourth-order valence-electron chi connectivity index (χ4n) is 1.97. The van der Waals surface area contributed by atoms with Gasteiger partial charge in [-0.2, -0.15) is 0 Å². The smallest absolute Gasteiger partial charge is 0.137 e. The van der Waals surface area contributed by atoms with Crippen molar-refractivity contribution in [2.75, 3.05) is 0 Å². The van der Waals surface area contributed by atoms with Crippen LogP contribution in [-0.4, -0.2) is 5.78 Å². The topological polar surface area (TPSA) is 17.1 Å². The van der Waals surface area contributed by atoms with Crippen LogP contribution in [-0.2, 0) is 11.2 Å². The zero-order valence-corrected chi connectivity index (χ0v) is 8.71. The van der Waals surface area contributed by atoms with Crippen LogP contribution in [0.1, 0.15) is 31.2 Å². The number of rotatable bonds is 4. The van der Waals surface area contributed by atoms with Crippen LogP contribution >= 0.6 is 0 Å². The third-order valence-electron chi connectivity index (χ3n) is 3.03. The fraction of sp³-hybridized carbons (Fsp3) is 0.462. The molecule has 0 aromatic heterocycles. The number of ketones is 1. The Morgan fingerprint density at radius 2 is 2.20 bits per heavy atom. The molecule has 1 aliphatic rings. The van der Waals surface area contributed by atoms with Gasteiger partial charge in [-0.3, -0.25) is 4.79 Å². The molecule has 0 unspecified atom stereocenters. The van der Waals surface area contributed by atoms with Gasteiger partial charge in [0.25, 0.3) is 0 Å². The summed E-state index contributed by atoms with van der Waals surface area (Å²) in [6.45, 7) is 0. The second-order valence-electron chi connectivity index (χ2n) is 4.35. The van der Waals surface area contributed by atoms with E-state index in [1.54, 1.807) is 6.07 Å². The van der Waals surface area contributed by atoms with E-state index >= 15 is 0 Å². The number of hydrogen-bond donors (Lipinski definition) is 0. The summed E-state index contributed by atoms with van der Waals surface area (Å²) in [6, 6.07) is 6.31. The van der Waals surface area contributed by atoms with E-state index in [-0.39, 0.29) is 11.6 Å². The van der Waals surface area contributed by atoms with E-state index in [0.717, 1.165) is 5.56 Å². The van der Waals surface area contributed by atoms with Gasteiger partial charge in [0, 0.05) is 12.8 Å². The minimum absolute atomic E-state index is 0.241. The molecule has 2 heteroatoms. The normalized spacial score (nSPS) is 16.1. The number of benzene rings is 1. The van der Waals surface area contributed by atoms with E-state index in [0.29, 0.717) is 18.8 Å². The van der Waals surface area contributed by atoms with E-state index in [1.165, 1.54) is 31.4 Å². The lowest BCUT2D eigenvalue weighted by Crippen LogP contribution is -2.17. The van der Waals surface area contributed by atoms with Gasteiger partial charge in [-0.05, 0) is 23.6 Å². The standard InChI is InChI=1S/C13H15FO/c14-12-6-2-5-11(7-12)9-13(15)8-10-3-1-4-10/h2,5-7,10H,1,3-4,8-9H2. The molecule has 0 N–H and O–H groups in total. The predicted molar refractivity (Wildman–Crippen MR) is 57.1 cm³/mol. The first kappa shape index (κ1) is 10.3. The van der Waals surface area contributed by atoms with Gasteiger partial charge < -0.3 is 0 Å². The van der Waals surface area contributed by atoms with Crippen LogP contribution in [0.4, 0.5) is 4.39 Å². The van der Waals surface area contributed by atoms with E-state index in [2.05, 4.69) is 0 Å². The molecule has 0 bridgehead atoms. The molecule has 1 aromatic carbocycles. The Bertz CT molecular complexity index is 355. The average Bonchev–Trinajstić information content (AvgIpc) is 2.11. The Kier molecular flexibility index (Phi) is 3.14. The highest BCUT2D eigenvalue weighted by Gasteiger charge is 2.20. The second-order valence-corrected chi connectivity index (χ2v) is 4.35. The highest BCUT2D eigenvalue weighted by atomic mass is 19.1. The minimum atomic E-state index is -0.260. The number of hydrogen-bond acceptors (Lipinski definition) is 1. The molecule has 80 valence electrons. The molecule has 0 spiro atoms. The molecule has 1 nitrogen and oxygen atoms in total. The van der Waals surface area contributed by atoms with Crippen molar-refractivity contribution in [1.82, 2.24) is 0 Å². The molecule has 2 rings (SSSR count). The van der Waals surface area contributed by atoms with Crippen molar-refractivity contribution in [3.8, 4) is 0 Å². The zero-order chi connectivity index (χ0) is 10.7.